The van der Waals surface area contributed by atoms with Gasteiger partial charge in [0.1, 0.15) is 0 Å². The molecule has 0 fully saturated rings. The Kier molecular flexibility index (Phi) is 11.5. The van der Waals surface area contributed by atoms with E-state index in [2.05, 4.69) is 0 Å². The van der Waals surface area contributed by atoms with Crippen LogP contribution in [0.3, 0.4) is 0 Å². The second kappa shape index (κ2) is 7.01. The molecule has 0 aromatic heterocycles. The van der Waals surface area contributed by atoms with Crippen molar-refractivity contribution in [3.8, 4) is 0 Å². The lowest BCUT2D eigenvalue weighted by Gasteiger charge is -1.68. The highest BCUT2D eigenvalue weighted by atomic mass is 32.3. The largest absolute Gasteiger partial charge is 0.394 e. The molecule has 0 aromatic carbocycles. The molecule has 0 aliphatic heterocycles. The van der Waals surface area contributed by atoms with E-state index in [0.717, 1.165) is 0 Å². The Hall–Kier alpha value is -0.100. The molecule has 0 aromatic rings. The van der Waals surface area contributed by atoms with Gasteiger partial charge in [0.25, 0.3) is 11.4 Å². The third-order valence-electron chi connectivity index (χ3n) is 0. The predicted octanol–water partition coefficient (Wildman–Crippen LogP) is -0.810. The standard InChI is InChI=1S/H3N.H2O4S.H2O3S/c;1-5(2,3)4;1-4(2)3/h1H3;(H2,1,2,3,4);(H2,1,2,3). The van der Waals surface area contributed by atoms with E-state index in [4.69, 9.17) is 30.8 Å². The lowest BCUT2D eigenvalue weighted by Crippen LogP contribution is -1.89. The van der Waals surface area contributed by atoms with Crippen LogP contribution in [-0.2, 0) is 21.8 Å². The highest BCUT2D eigenvalue weighted by Crippen LogP contribution is 1.59. The van der Waals surface area contributed by atoms with Gasteiger partial charge in [-0.05, 0) is 0 Å². The Morgan fingerprint density at radius 1 is 1.10 bits per heavy atom. The molecule has 0 spiro atoms. The summed E-state index contributed by atoms with van der Waals surface area (Å²) in [5.74, 6) is 0. The zero-order valence-electron chi connectivity index (χ0n) is 4.54. The van der Waals surface area contributed by atoms with Crippen molar-refractivity contribution in [2.45, 2.75) is 0 Å². The van der Waals surface area contributed by atoms with Crippen LogP contribution in [0.25, 0.3) is 0 Å². The quantitative estimate of drug-likeness (QED) is 0.248. The van der Waals surface area contributed by atoms with Crippen molar-refractivity contribution >= 4 is 21.8 Å². The summed E-state index contributed by atoms with van der Waals surface area (Å²) in [4.78, 5) is 0. The lowest BCUT2D eigenvalue weighted by atomic mass is 14.0. The molecule has 0 radical (unpaired) electrons. The van der Waals surface area contributed by atoms with Crippen LogP contribution in [0.15, 0.2) is 0 Å². The van der Waals surface area contributed by atoms with Gasteiger partial charge in [-0.25, -0.2) is 0 Å². The fourth-order valence-electron chi connectivity index (χ4n) is 0. The van der Waals surface area contributed by atoms with Gasteiger partial charge in [0.05, 0.1) is 0 Å². The fourth-order valence-corrected chi connectivity index (χ4v) is 0. The van der Waals surface area contributed by atoms with Crippen LogP contribution in [0.2, 0.25) is 0 Å². The fraction of sp³-hybridized carbons (Fsp3) is 0. The van der Waals surface area contributed by atoms with E-state index in [0.29, 0.717) is 0 Å². The second-order valence-electron chi connectivity index (χ2n) is 0.679. The van der Waals surface area contributed by atoms with Crippen LogP contribution < -0.4 is 6.15 Å². The summed E-state index contributed by atoms with van der Waals surface area (Å²) in [5.41, 5.74) is 0. The van der Waals surface area contributed by atoms with E-state index in [1.807, 2.05) is 0 Å². The normalized spacial score (nSPS) is 9.30. The SMILES string of the molecule is N.O=S(=O)(O)O.O=S(O)O. The maximum atomic E-state index is 8.74. The summed E-state index contributed by atoms with van der Waals surface area (Å²) < 4.78 is 54.4. The van der Waals surface area contributed by atoms with E-state index in [1.165, 1.54) is 0 Å². The van der Waals surface area contributed by atoms with Crippen LogP contribution >= 0.6 is 0 Å². The molecule has 8 nitrogen and oxygen atoms in total. The average Bonchev–Trinajstić information content (AvgIpc) is 1.19. The molecule has 0 bridgehead atoms. The van der Waals surface area contributed by atoms with Gasteiger partial charge in [0.15, 0.2) is 0 Å². The molecule has 0 rings (SSSR count). The molecule has 7 N–H and O–H groups in total. The van der Waals surface area contributed by atoms with Crippen LogP contribution in [0.4, 0.5) is 0 Å². The van der Waals surface area contributed by atoms with Crippen molar-refractivity contribution in [2.24, 2.45) is 0 Å². The number of hydrogen-bond donors (Lipinski definition) is 5. The minimum Gasteiger partial charge on any atom is -0.344 e. The van der Waals surface area contributed by atoms with Gasteiger partial charge < -0.3 is 6.15 Å². The Morgan fingerprint density at radius 3 is 1.10 bits per heavy atom. The molecule has 0 amide bonds. The molecule has 0 aliphatic carbocycles. The van der Waals surface area contributed by atoms with Crippen molar-refractivity contribution in [2.75, 3.05) is 0 Å². The van der Waals surface area contributed by atoms with E-state index < -0.39 is 21.8 Å². The summed E-state index contributed by atoms with van der Waals surface area (Å²) in [7, 11) is -4.67. The Morgan fingerprint density at radius 2 is 1.10 bits per heavy atom. The molecule has 0 atom stereocenters. The van der Waals surface area contributed by atoms with Gasteiger partial charge in [-0.2, -0.15) is 12.6 Å². The lowest BCUT2D eigenvalue weighted by molar-refractivity contribution is 0.381. The molecule has 10 heavy (non-hydrogen) atoms. The maximum Gasteiger partial charge on any atom is 0.394 e. The highest BCUT2D eigenvalue weighted by Gasteiger charge is 1.84. The number of hydrogen-bond acceptors (Lipinski definition) is 4. The molecule has 0 saturated carbocycles. The van der Waals surface area contributed by atoms with Crippen LogP contribution in [0.5, 0.6) is 0 Å². The van der Waals surface area contributed by atoms with Gasteiger partial charge in [-0.1, -0.05) is 0 Å². The molecular formula is H7NO7S2. The van der Waals surface area contributed by atoms with Crippen molar-refractivity contribution in [3.05, 3.63) is 0 Å². The zero-order valence-corrected chi connectivity index (χ0v) is 6.17. The molecule has 0 unspecified atom stereocenters. The first-order valence-corrected chi connectivity index (χ1v) is 3.69. The summed E-state index contributed by atoms with van der Waals surface area (Å²) >= 11 is -2.61. The highest BCUT2D eigenvalue weighted by molar-refractivity contribution is 7.79. The van der Waals surface area contributed by atoms with E-state index in [-0.39, 0.29) is 6.15 Å². The monoisotopic (exact) mass is 197 g/mol. The molecule has 0 aliphatic rings. The van der Waals surface area contributed by atoms with Crippen LogP contribution in [0.1, 0.15) is 0 Å². The molecule has 0 heterocycles. The molecule has 10 heteroatoms. The first-order valence-electron chi connectivity index (χ1n) is 1.23. The third-order valence-corrected chi connectivity index (χ3v) is 0. The van der Waals surface area contributed by atoms with Gasteiger partial charge in [-0.15, -0.1) is 0 Å². The van der Waals surface area contributed by atoms with Crippen molar-refractivity contribution in [1.82, 2.24) is 6.15 Å². The van der Waals surface area contributed by atoms with Crippen LogP contribution in [-0.4, -0.2) is 30.8 Å². The smallest absolute Gasteiger partial charge is 0.344 e. The first kappa shape index (κ1) is 16.5. The van der Waals surface area contributed by atoms with Crippen molar-refractivity contribution in [1.29, 1.82) is 0 Å². The van der Waals surface area contributed by atoms with Gasteiger partial charge in [0.2, 0.25) is 0 Å². The number of rotatable bonds is 0. The van der Waals surface area contributed by atoms with Crippen molar-refractivity contribution in [3.63, 3.8) is 0 Å². The molecule has 0 saturated heterocycles. The van der Waals surface area contributed by atoms with E-state index in [1.54, 1.807) is 0 Å². The summed E-state index contributed by atoms with van der Waals surface area (Å²) in [6, 6.07) is 0. The average molecular weight is 197 g/mol. The third kappa shape index (κ3) is 37600. The summed E-state index contributed by atoms with van der Waals surface area (Å²) in [5, 5.41) is 0. The summed E-state index contributed by atoms with van der Waals surface area (Å²) in [6.45, 7) is 0. The maximum absolute atomic E-state index is 8.74. The minimum atomic E-state index is -4.67. The topological polar surface area (TPSA) is 167 Å². The van der Waals surface area contributed by atoms with Crippen molar-refractivity contribution < 1.29 is 30.8 Å². The van der Waals surface area contributed by atoms with E-state index in [9.17, 15) is 0 Å². The Bertz CT molecular complexity index is 154. The second-order valence-corrected chi connectivity index (χ2v) is 2.04. The summed E-state index contributed by atoms with van der Waals surface area (Å²) in [6.07, 6.45) is 0. The van der Waals surface area contributed by atoms with Gasteiger partial charge in [-0.3, -0.25) is 18.2 Å². The van der Waals surface area contributed by atoms with Gasteiger partial charge in [0, 0.05) is 0 Å². The molecule has 66 valence electrons. The molecular weight excluding hydrogens is 190 g/mol. The van der Waals surface area contributed by atoms with Gasteiger partial charge >= 0.3 is 10.4 Å². The zero-order chi connectivity index (χ0) is 8.08. The predicted molar refractivity (Wildman–Crippen MR) is 32.6 cm³/mol. The minimum absolute atomic E-state index is 0. The van der Waals surface area contributed by atoms with Crippen LogP contribution in [0, 0.1) is 0 Å². The first-order chi connectivity index (χ1) is 3.73. The Balaban J connectivity index is -0.0000000910. The Labute approximate surface area is 59.5 Å². The van der Waals surface area contributed by atoms with E-state index >= 15 is 0 Å².